The van der Waals surface area contributed by atoms with Crippen LogP contribution >= 0.6 is 0 Å². The lowest BCUT2D eigenvalue weighted by atomic mass is 9.85. The van der Waals surface area contributed by atoms with Crippen LogP contribution in [-0.2, 0) is 32.0 Å². The Labute approximate surface area is 291 Å². The highest BCUT2D eigenvalue weighted by Gasteiger charge is 2.42. The molecule has 270 valence electrons. The van der Waals surface area contributed by atoms with Crippen LogP contribution in [0.4, 0.5) is 18.0 Å². The van der Waals surface area contributed by atoms with E-state index in [9.17, 15) is 32.3 Å². The molecule has 50 heavy (non-hydrogen) atoms. The number of amides is 4. The van der Waals surface area contributed by atoms with Gasteiger partial charge in [0.1, 0.15) is 24.2 Å². The van der Waals surface area contributed by atoms with E-state index < -0.39 is 65.7 Å². The molecule has 0 spiro atoms. The molecule has 3 aromatic carbocycles. The summed E-state index contributed by atoms with van der Waals surface area (Å²) in [6.07, 6.45) is -4.10. The van der Waals surface area contributed by atoms with Gasteiger partial charge in [-0.3, -0.25) is 14.4 Å². The normalized spacial score (nSPS) is 13.8. The molecular weight excluding hydrogens is 649 g/mol. The van der Waals surface area contributed by atoms with Crippen molar-refractivity contribution < 1.29 is 37.1 Å². The largest absolute Gasteiger partial charge is 0.444 e. The Kier molecular flexibility index (Phi) is 12.8. The van der Waals surface area contributed by atoms with Crippen LogP contribution in [0, 0.1) is 5.92 Å². The Morgan fingerprint density at radius 1 is 0.780 bits per heavy atom. The summed E-state index contributed by atoms with van der Waals surface area (Å²) in [6.45, 7) is 10.6. The van der Waals surface area contributed by atoms with Gasteiger partial charge in [-0.25, -0.2) is 4.79 Å². The van der Waals surface area contributed by atoms with Crippen LogP contribution in [0.1, 0.15) is 45.7 Å². The van der Waals surface area contributed by atoms with Gasteiger partial charge in [-0.05, 0) is 56.5 Å². The van der Waals surface area contributed by atoms with E-state index in [1.165, 1.54) is 25.1 Å². The van der Waals surface area contributed by atoms with E-state index in [1.54, 1.807) is 65.0 Å². The number of alkyl halides is 3. The van der Waals surface area contributed by atoms with E-state index in [0.29, 0.717) is 11.1 Å². The van der Waals surface area contributed by atoms with E-state index in [-0.39, 0.29) is 12.8 Å². The zero-order valence-corrected chi connectivity index (χ0v) is 29.6. The molecule has 1 unspecified atom stereocenters. The van der Waals surface area contributed by atoms with Crippen molar-refractivity contribution in [2.45, 2.75) is 76.9 Å². The summed E-state index contributed by atoms with van der Waals surface area (Å²) < 4.78 is 44.8. The summed E-state index contributed by atoms with van der Waals surface area (Å²) >= 11 is 0. The first-order valence-corrected chi connectivity index (χ1v) is 16.3. The lowest BCUT2D eigenvalue weighted by Gasteiger charge is -2.39. The van der Waals surface area contributed by atoms with E-state index in [1.807, 2.05) is 47.8 Å². The number of nitrogens with one attached hydrogen (secondary N) is 2. The van der Waals surface area contributed by atoms with Crippen molar-refractivity contribution in [1.82, 2.24) is 20.4 Å². The number of rotatable bonds is 13. The maximum absolute atomic E-state index is 14.5. The SMILES string of the molecule is C=CC(C(=O)N(C)[C@H](Cc1ccc2ccccc2c1)C(=O)N(C)[C@H](Cc1ccccc1)C(=O)NCC(F)(F)F)C(C)(C)NC(=O)OC(C)(C)C. The first kappa shape index (κ1) is 39.6. The third-order valence-corrected chi connectivity index (χ3v) is 8.30. The van der Waals surface area contributed by atoms with E-state index >= 15 is 0 Å². The molecule has 3 atom stereocenters. The van der Waals surface area contributed by atoms with Gasteiger partial charge in [-0.1, -0.05) is 78.9 Å². The molecule has 0 fully saturated rings. The fourth-order valence-electron chi connectivity index (χ4n) is 5.64. The van der Waals surface area contributed by atoms with Gasteiger partial charge in [0, 0.05) is 26.9 Å². The number of nitrogens with zero attached hydrogens (tertiary/aromatic N) is 2. The molecule has 9 nitrogen and oxygen atoms in total. The summed E-state index contributed by atoms with van der Waals surface area (Å²) in [5.41, 5.74) is -0.686. The molecule has 0 saturated carbocycles. The van der Waals surface area contributed by atoms with Crippen LogP contribution in [-0.4, -0.2) is 83.7 Å². The van der Waals surface area contributed by atoms with Crippen molar-refractivity contribution >= 4 is 34.6 Å². The highest BCUT2D eigenvalue weighted by atomic mass is 19.4. The van der Waals surface area contributed by atoms with Crippen molar-refractivity contribution in [2.24, 2.45) is 5.92 Å². The summed E-state index contributed by atoms with van der Waals surface area (Å²) in [4.78, 5) is 57.1. The maximum atomic E-state index is 14.5. The molecule has 0 aliphatic heterocycles. The Morgan fingerprint density at radius 3 is 1.92 bits per heavy atom. The minimum Gasteiger partial charge on any atom is -0.444 e. The lowest BCUT2D eigenvalue weighted by molar-refractivity contribution is -0.151. The van der Waals surface area contributed by atoms with Crippen LogP contribution in [0.15, 0.2) is 85.5 Å². The second-order valence-electron chi connectivity index (χ2n) is 13.9. The van der Waals surface area contributed by atoms with Crippen LogP contribution in [0.2, 0.25) is 0 Å². The third-order valence-electron chi connectivity index (χ3n) is 8.30. The fraction of sp³-hybridized carbons (Fsp3) is 0.421. The van der Waals surface area contributed by atoms with Crippen LogP contribution in [0.3, 0.4) is 0 Å². The molecule has 0 saturated heterocycles. The smallest absolute Gasteiger partial charge is 0.408 e. The summed E-state index contributed by atoms with van der Waals surface area (Å²) in [7, 11) is 2.78. The third kappa shape index (κ3) is 11.1. The molecule has 0 aromatic heterocycles. The van der Waals surface area contributed by atoms with E-state index in [2.05, 4.69) is 11.9 Å². The number of benzene rings is 3. The zero-order valence-electron chi connectivity index (χ0n) is 29.6. The van der Waals surface area contributed by atoms with E-state index in [0.717, 1.165) is 15.7 Å². The van der Waals surface area contributed by atoms with Gasteiger partial charge >= 0.3 is 12.3 Å². The second-order valence-corrected chi connectivity index (χ2v) is 13.9. The summed E-state index contributed by atoms with van der Waals surface area (Å²) in [5, 5.41) is 6.51. The quantitative estimate of drug-likeness (QED) is 0.211. The predicted octanol–water partition coefficient (Wildman–Crippen LogP) is 6.06. The topological polar surface area (TPSA) is 108 Å². The van der Waals surface area contributed by atoms with Gasteiger partial charge in [0.2, 0.25) is 17.7 Å². The number of ether oxygens (including phenoxy) is 1. The minimum atomic E-state index is -4.67. The van der Waals surface area contributed by atoms with Gasteiger partial charge in [0.25, 0.3) is 0 Å². The van der Waals surface area contributed by atoms with Gasteiger partial charge in [0.05, 0.1) is 11.5 Å². The Bertz CT molecular complexity index is 1670. The van der Waals surface area contributed by atoms with Crippen molar-refractivity contribution in [3.8, 4) is 0 Å². The van der Waals surface area contributed by atoms with Crippen molar-refractivity contribution in [3.63, 3.8) is 0 Å². The zero-order chi connectivity index (χ0) is 37.4. The second kappa shape index (κ2) is 16.2. The number of carbonyl (C=O) groups is 4. The molecule has 12 heteroatoms. The first-order valence-electron chi connectivity index (χ1n) is 16.3. The van der Waals surface area contributed by atoms with Gasteiger partial charge in [-0.2, -0.15) is 13.2 Å². The van der Waals surface area contributed by atoms with Crippen molar-refractivity contribution in [1.29, 1.82) is 0 Å². The molecule has 2 N–H and O–H groups in total. The highest BCUT2D eigenvalue weighted by molar-refractivity contribution is 5.93. The molecule has 0 aliphatic carbocycles. The lowest BCUT2D eigenvalue weighted by Crippen LogP contribution is -2.59. The number of alkyl carbamates (subject to hydrolysis) is 1. The molecule has 0 radical (unpaired) electrons. The van der Waals surface area contributed by atoms with Gasteiger partial charge in [-0.15, -0.1) is 6.58 Å². The number of halogens is 3. The number of hydrogen-bond acceptors (Lipinski definition) is 5. The number of likely N-dealkylation sites (N-methyl/N-ethyl adjacent to an activating group) is 2. The number of hydrogen-bond donors (Lipinski definition) is 2. The Balaban J connectivity index is 2.03. The molecule has 0 bridgehead atoms. The monoisotopic (exact) mass is 696 g/mol. The standard InChI is InChI=1S/C38H47F3N4O5/c1-9-29(37(5,6)43-35(49)50-36(2,3)4)33(47)45(8)31(23-26-19-20-27-17-13-14-18-28(27)21-26)34(48)44(7)30(22-25-15-11-10-12-16-25)32(46)42-24-38(39,40)41/h9-21,29-31H,1,22-24H2,2-8H3,(H,42,46)(H,43,49)/t29?,30-,31-/m1/s1. The van der Waals surface area contributed by atoms with Crippen molar-refractivity contribution in [3.05, 3.63) is 96.6 Å². The number of carbonyl (C=O) groups excluding carboxylic acids is 4. The van der Waals surface area contributed by atoms with Gasteiger partial charge in [0.15, 0.2) is 0 Å². The minimum absolute atomic E-state index is 0.0161. The average Bonchev–Trinajstić information content (AvgIpc) is 3.03. The molecule has 3 rings (SSSR count). The fourth-order valence-corrected chi connectivity index (χ4v) is 5.64. The van der Waals surface area contributed by atoms with Crippen LogP contribution in [0.25, 0.3) is 10.8 Å². The molecule has 0 heterocycles. The highest BCUT2D eigenvalue weighted by Crippen LogP contribution is 2.25. The van der Waals surface area contributed by atoms with Crippen LogP contribution < -0.4 is 10.6 Å². The predicted molar refractivity (Wildman–Crippen MR) is 187 cm³/mol. The van der Waals surface area contributed by atoms with E-state index in [4.69, 9.17) is 4.74 Å². The van der Waals surface area contributed by atoms with Crippen LogP contribution in [0.5, 0.6) is 0 Å². The molecule has 4 amide bonds. The Morgan fingerprint density at radius 2 is 1.34 bits per heavy atom. The average molecular weight is 697 g/mol. The summed E-state index contributed by atoms with van der Waals surface area (Å²) in [5.74, 6) is -3.26. The number of fused-ring (bicyclic) bond motifs is 1. The van der Waals surface area contributed by atoms with Gasteiger partial charge < -0.3 is 25.2 Å². The van der Waals surface area contributed by atoms with Crippen molar-refractivity contribution in [2.75, 3.05) is 20.6 Å². The Hall–Kier alpha value is -4.87. The summed E-state index contributed by atoms with van der Waals surface area (Å²) in [6, 6.07) is 19.3. The molecule has 0 aliphatic rings. The maximum Gasteiger partial charge on any atom is 0.408 e. The first-order chi connectivity index (χ1) is 23.2. The molecule has 3 aromatic rings. The molecular formula is C38H47F3N4O5.